The highest BCUT2D eigenvalue weighted by Gasteiger charge is 2.35. The predicted octanol–water partition coefficient (Wildman–Crippen LogP) is 15.4. The molecule has 0 atom stereocenters. The zero-order valence-corrected chi connectivity index (χ0v) is 35.4. The number of nitrogens with zero attached hydrogens (tertiary/aromatic N) is 4. The van der Waals surface area contributed by atoms with E-state index in [-0.39, 0.29) is 5.41 Å². The molecule has 12 aromatic rings. The van der Waals surface area contributed by atoms with Crippen LogP contribution in [0.15, 0.2) is 206 Å². The van der Waals surface area contributed by atoms with Crippen molar-refractivity contribution < 1.29 is 0 Å². The number of hydrogen-bond donors (Lipinski definition) is 0. The van der Waals surface area contributed by atoms with Gasteiger partial charge >= 0.3 is 0 Å². The molecule has 0 saturated carbocycles. The van der Waals surface area contributed by atoms with E-state index in [4.69, 9.17) is 15.0 Å². The molecule has 0 aliphatic heterocycles. The van der Waals surface area contributed by atoms with Crippen LogP contribution < -0.4 is 0 Å². The molecular weight excluding hydrogens is 777 g/mol. The van der Waals surface area contributed by atoms with Gasteiger partial charge in [0.25, 0.3) is 0 Å². The largest absolute Gasteiger partial charge is 0.309 e. The molecule has 13 rings (SSSR count). The van der Waals surface area contributed by atoms with E-state index < -0.39 is 0 Å². The van der Waals surface area contributed by atoms with Crippen molar-refractivity contribution in [2.45, 2.75) is 19.3 Å². The summed E-state index contributed by atoms with van der Waals surface area (Å²) in [5.41, 5.74) is 14.0. The Kier molecular flexibility index (Phi) is 7.92. The molecule has 10 aromatic carbocycles. The third kappa shape index (κ3) is 5.52. The number of para-hydroxylation sites is 2. The molecule has 0 bridgehead atoms. The van der Waals surface area contributed by atoms with E-state index in [2.05, 4.69) is 206 Å². The Bertz CT molecular complexity index is 3860. The molecule has 1 aliphatic rings. The number of aromatic nitrogens is 4. The van der Waals surface area contributed by atoms with Gasteiger partial charge < -0.3 is 4.57 Å². The first-order chi connectivity index (χ1) is 31.5. The van der Waals surface area contributed by atoms with Crippen molar-refractivity contribution in [3.05, 3.63) is 217 Å². The molecule has 4 heteroatoms. The van der Waals surface area contributed by atoms with Gasteiger partial charge in [-0.2, -0.15) is 0 Å². The number of rotatable bonds is 5. The molecule has 0 radical (unpaired) electrons. The smallest absolute Gasteiger partial charge is 0.164 e. The second-order valence-electron chi connectivity index (χ2n) is 17.6. The van der Waals surface area contributed by atoms with Crippen molar-refractivity contribution in [2.75, 3.05) is 0 Å². The van der Waals surface area contributed by atoms with Gasteiger partial charge in [0.1, 0.15) is 0 Å². The minimum Gasteiger partial charge on any atom is -0.309 e. The van der Waals surface area contributed by atoms with Gasteiger partial charge in [-0.1, -0.05) is 178 Å². The standard InChI is InChI=1S/C60H40N4/c1-60(2)53-23-13-11-21-47(53)48-31-26-39(35-54(48)60)38-25-29-46-51(33-38)44-20-10-9-19-43(44)45-30-27-40(34-52(45)46)58-61-57(37-15-5-3-6-16-37)62-59(63-58)41-28-32-50-49-22-12-14-24-55(49)64(56(50)36-41)42-17-7-4-8-18-42/h3-36H,1-2H3. The van der Waals surface area contributed by atoms with Gasteiger partial charge in [0.15, 0.2) is 17.5 Å². The monoisotopic (exact) mass is 816 g/mol. The van der Waals surface area contributed by atoms with Crippen molar-refractivity contribution in [2.24, 2.45) is 0 Å². The Balaban J connectivity index is 0.985. The van der Waals surface area contributed by atoms with Crippen LogP contribution in [0.25, 0.3) is 116 Å². The molecule has 2 heterocycles. The molecule has 0 spiro atoms. The summed E-state index contributed by atoms with van der Waals surface area (Å²) in [5.74, 6) is 1.90. The lowest BCUT2D eigenvalue weighted by atomic mass is 9.81. The van der Waals surface area contributed by atoms with Crippen LogP contribution in [0.5, 0.6) is 0 Å². The first-order valence-electron chi connectivity index (χ1n) is 22.0. The molecule has 4 nitrogen and oxygen atoms in total. The molecule has 2 aromatic heterocycles. The van der Waals surface area contributed by atoms with Crippen molar-refractivity contribution in [1.29, 1.82) is 0 Å². The summed E-state index contributed by atoms with van der Waals surface area (Å²) in [6.07, 6.45) is 0. The Hall–Kier alpha value is -8.21. The van der Waals surface area contributed by atoms with E-state index in [9.17, 15) is 0 Å². The van der Waals surface area contributed by atoms with E-state index in [0.29, 0.717) is 17.5 Å². The van der Waals surface area contributed by atoms with E-state index in [0.717, 1.165) is 33.4 Å². The first-order valence-corrected chi connectivity index (χ1v) is 22.0. The van der Waals surface area contributed by atoms with Crippen molar-refractivity contribution >= 4 is 54.1 Å². The Morgan fingerprint density at radius 3 is 1.53 bits per heavy atom. The lowest BCUT2D eigenvalue weighted by molar-refractivity contribution is 0.660. The van der Waals surface area contributed by atoms with Gasteiger partial charge in [0, 0.05) is 38.6 Å². The van der Waals surface area contributed by atoms with Gasteiger partial charge in [0.2, 0.25) is 0 Å². The highest BCUT2D eigenvalue weighted by atomic mass is 15.0. The van der Waals surface area contributed by atoms with Crippen LogP contribution in [0.4, 0.5) is 0 Å². The molecular formula is C60H40N4. The molecule has 0 fully saturated rings. The van der Waals surface area contributed by atoms with Crippen LogP contribution in [0, 0.1) is 0 Å². The summed E-state index contributed by atoms with van der Waals surface area (Å²) in [7, 11) is 0. The lowest BCUT2D eigenvalue weighted by Crippen LogP contribution is -2.14. The van der Waals surface area contributed by atoms with E-state index in [1.54, 1.807) is 0 Å². The van der Waals surface area contributed by atoms with Gasteiger partial charge in [-0.25, -0.2) is 15.0 Å². The minimum atomic E-state index is -0.0672. The maximum absolute atomic E-state index is 5.29. The highest BCUT2D eigenvalue weighted by Crippen LogP contribution is 2.50. The fourth-order valence-corrected chi connectivity index (χ4v) is 10.5. The second-order valence-corrected chi connectivity index (χ2v) is 17.6. The maximum Gasteiger partial charge on any atom is 0.164 e. The topological polar surface area (TPSA) is 43.6 Å². The fraction of sp³-hybridized carbons (Fsp3) is 0.0500. The molecule has 0 unspecified atom stereocenters. The van der Waals surface area contributed by atoms with Crippen LogP contribution >= 0.6 is 0 Å². The third-order valence-corrected chi connectivity index (χ3v) is 13.6. The Morgan fingerprint density at radius 1 is 0.312 bits per heavy atom. The first kappa shape index (κ1) is 36.4. The summed E-state index contributed by atoms with van der Waals surface area (Å²) < 4.78 is 2.34. The quantitative estimate of drug-likeness (QED) is 0.163. The van der Waals surface area contributed by atoms with Crippen molar-refractivity contribution in [1.82, 2.24) is 19.5 Å². The molecule has 64 heavy (non-hydrogen) atoms. The average Bonchev–Trinajstić information content (AvgIpc) is 3.81. The Morgan fingerprint density at radius 2 is 0.781 bits per heavy atom. The van der Waals surface area contributed by atoms with Gasteiger partial charge in [-0.15, -0.1) is 0 Å². The lowest BCUT2D eigenvalue weighted by Gasteiger charge is -2.22. The number of fused-ring (bicyclic) bond motifs is 12. The van der Waals surface area contributed by atoms with E-state index in [1.165, 1.54) is 76.5 Å². The average molecular weight is 817 g/mol. The summed E-state index contributed by atoms with van der Waals surface area (Å²) in [4.78, 5) is 15.6. The normalized spacial score (nSPS) is 13.0. The molecule has 300 valence electrons. The second kappa shape index (κ2) is 13.9. The highest BCUT2D eigenvalue weighted by molar-refractivity contribution is 6.26. The molecule has 0 saturated heterocycles. The van der Waals surface area contributed by atoms with Crippen molar-refractivity contribution in [3.63, 3.8) is 0 Å². The predicted molar refractivity (Wildman–Crippen MR) is 266 cm³/mol. The Labute approximate surface area is 370 Å². The molecule has 0 amide bonds. The summed E-state index contributed by atoms with van der Waals surface area (Å²) in [6, 6.07) is 74.4. The van der Waals surface area contributed by atoms with E-state index >= 15 is 0 Å². The van der Waals surface area contributed by atoms with Crippen molar-refractivity contribution in [3.8, 4) is 62.1 Å². The zero-order chi connectivity index (χ0) is 42.5. The maximum atomic E-state index is 5.29. The van der Waals surface area contributed by atoms with Crippen LogP contribution in [0.1, 0.15) is 25.0 Å². The third-order valence-electron chi connectivity index (χ3n) is 13.6. The fourth-order valence-electron chi connectivity index (χ4n) is 10.5. The van der Waals surface area contributed by atoms with Crippen LogP contribution in [0.3, 0.4) is 0 Å². The summed E-state index contributed by atoms with van der Waals surface area (Å²) in [6.45, 7) is 4.70. The van der Waals surface area contributed by atoms with Crippen LogP contribution in [-0.4, -0.2) is 19.5 Å². The van der Waals surface area contributed by atoms with Crippen LogP contribution in [-0.2, 0) is 5.41 Å². The van der Waals surface area contributed by atoms with Gasteiger partial charge in [0.05, 0.1) is 11.0 Å². The molecule has 1 aliphatic carbocycles. The summed E-state index contributed by atoms with van der Waals surface area (Å²) in [5, 5.41) is 9.65. The van der Waals surface area contributed by atoms with Gasteiger partial charge in [-0.05, 0) is 108 Å². The number of benzene rings is 10. The van der Waals surface area contributed by atoms with Crippen LogP contribution in [0.2, 0.25) is 0 Å². The SMILES string of the molecule is CC1(C)c2ccccc2-c2ccc(-c3ccc4c(c3)c3ccccc3c3ccc(-c5nc(-c6ccccc6)nc(-c6ccc7c8ccccc8n(-c8ccccc8)c7c6)n5)cc34)cc21. The number of hydrogen-bond acceptors (Lipinski definition) is 3. The minimum absolute atomic E-state index is 0.0672. The van der Waals surface area contributed by atoms with Gasteiger partial charge in [-0.3, -0.25) is 0 Å². The van der Waals surface area contributed by atoms with E-state index in [1.807, 2.05) is 18.2 Å². The summed E-state index contributed by atoms with van der Waals surface area (Å²) >= 11 is 0. The zero-order valence-electron chi connectivity index (χ0n) is 35.4. The molecule has 0 N–H and O–H groups in total.